The molecule has 3 aromatic rings. The number of aromatic nitrogens is 2. The number of hydrogen-bond donors (Lipinski definition) is 1. The third kappa shape index (κ3) is 5.28. The Hall–Kier alpha value is -3.52. The van der Waals surface area contributed by atoms with Gasteiger partial charge in [0.15, 0.2) is 0 Å². The SMILES string of the molecule is CC(C)(C)NC(=O)C1c2c[n+]([O-])cnc2OCCN1Cc1ccccc1-c1ccc(F)cc1. The first-order valence-electron chi connectivity index (χ1n) is 10.8. The van der Waals surface area contributed by atoms with Crippen molar-refractivity contribution in [2.45, 2.75) is 38.9 Å². The van der Waals surface area contributed by atoms with Crippen LogP contribution in [0.25, 0.3) is 11.1 Å². The molecule has 8 heteroatoms. The smallest absolute Gasteiger partial charge is 0.336 e. The molecule has 0 saturated heterocycles. The molecule has 0 spiro atoms. The highest BCUT2D eigenvalue weighted by molar-refractivity contribution is 5.84. The van der Waals surface area contributed by atoms with E-state index in [1.165, 1.54) is 18.3 Å². The number of rotatable bonds is 4. The standard InChI is InChI=1S/C25H27FN4O3/c1-25(2,3)28-23(31)22-21-15-30(32)16-27-24(21)33-13-12-29(22)14-18-6-4-5-7-20(18)17-8-10-19(26)11-9-17/h4-11,15-16,22H,12-14H2,1-3H3,(H,28,31). The summed E-state index contributed by atoms with van der Waals surface area (Å²) in [5.41, 5.74) is 2.76. The molecule has 0 saturated carbocycles. The number of carbonyl (C=O) groups excluding carboxylic acids is 1. The summed E-state index contributed by atoms with van der Waals surface area (Å²) in [7, 11) is 0. The molecule has 1 atom stereocenters. The first-order valence-corrected chi connectivity index (χ1v) is 10.8. The fraction of sp³-hybridized carbons (Fsp3) is 0.320. The lowest BCUT2D eigenvalue weighted by Gasteiger charge is -2.31. The minimum atomic E-state index is -0.767. The molecule has 0 fully saturated rings. The van der Waals surface area contributed by atoms with Crippen molar-refractivity contribution in [3.63, 3.8) is 0 Å². The van der Waals surface area contributed by atoms with Crippen LogP contribution in [0.3, 0.4) is 0 Å². The number of amides is 1. The van der Waals surface area contributed by atoms with E-state index in [-0.39, 0.29) is 17.6 Å². The second-order valence-corrected chi connectivity index (χ2v) is 9.12. The third-order valence-electron chi connectivity index (χ3n) is 5.37. The number of carbonyl (C=O) groups is 1. The summed E-state index contributed by atoms with van der Waals surface area (Å²) >= 11 is 0. The number of ether oxygens (including phenoxy) is 1. The van der Waals surface area contributed by atoms with Gasteiger partial charge in [-0.2, -0.15) is 0 Å². The molecule has 1 aliphatic rings. The van der Waals surface area contributed by atoms with Crippen LogP contribution in [0.2, 0.25) is 0 Å². The van der Waals surface area contributed by atoms with Gasteiger partial charge in [0.2, 0.25) is 5.91 Å². The highest BCUT2D eigenvalue weighted by Crippen LogP contribution is 2.33. The minimum absolute atomic E-state index is 0.235. The van der Waals surface area contributed by atoms with E-state index >= 15 is 0 Å². The molecule has 4 rings (SSSR count). The van der Waals surface area contributed by atoms with Crippen molar-refractivity contribution < 1.29 is 18.7 Å². The zero-order chi connectivity index (χ0) is 23.6. The average molecular weight is 451 g/mol. The third-order valence-corrected chi connectivity index (χ3v) is 5.37. The van der Waals surface area contributed by atoms with E-state index in [1.807, 2.05) is 49.9 Å². The van der Waals surface area contributed by atoms with E-state index in [0.29, 0.717) is 30.0 Å². The summed E-state index contributed by atoms with van der Waals surface area (Å²) in [5, 5.41) is 15.1. The Labute approximate surface area is 192 Å². The molecule has 1 aromatic heterocycles. The summed E-state index contributed by atoms with van der Waals surface area (Å²) in [4.78, 5) is 19.5. The number of nitrogens with zero attached hydrogens (tertiary/aromatic N) is 3. The van der Waals surface area contributed by atoms with Gasteiger partial charge in [0.1, 0.15) is 30.2 Å². The van der Waals surface area contributed by atoms with Crippen molar-refractivity contribution in [2.24, 2.45) is 0 Å². The maximum absolute atomic E-state index is 13.5. The quantitative estimate of drug-likeness (QED) is 0.487. The van der Waals surface area contributed by atoms with Crippen molar-refractivity contribution in [3.8, 4) is 17.0 Å². The van der Waals surface area contributed by atoms with E-state index in [2.05, 4.69) is 10.3 Å². The van der Waals surface area contributed by atoms with E-state index in [0.717, 1.165) is 23.0 Å². The van der Waals surface area contributed by atoms with E-state index in [9.17, 15) is 14.4 Å². The molecule has 2 aromatic carbocycles. The Morgan fingerprint density at radius 2 is 1.97 bits per heavy atom. The van der Waals surface area contributed by atoms with Gasteiger partial charge < -0.3 is 15.3 Å². The molecule has 1 N–H and O–H groups in total. The molecule has 0 bridgehead atoms. The predicted molar refractivity (Wildman–Crippen MR) is 122 cm³/mol. The fourth-order valence-electron chi connectivity index (χ4n) is 4.01. The molecule has 0 radical (unpaired) electrons. The van der Waals surface area contributed by atoms with Crippen LogP contribution in [-0.2, 0) is 11.3 Å². The second kappa shape index (κ2) is 9.15. The van der Waals surface area contributed by atoms with Crippen LogP contribution in [0, 0.1) is 11.0 Å². The Kier molecular flexibility index (Phi) is 6.29. The van der Waals surface area contributed by atoms with Gasteiger partial charge in [0.05, 0.1) is 0 Å². The van der Waals surface area contributed by atoms with Crippen LogP contribution in [-0.4, -0.2) is 34.5 Å². The molecule has 1 aliphatic heterocycles. The van der Waals surface area contributed by atoms with Gasteiger partial charge in [-0.3, -0.25) is 9.69 Å². The van der Waals surface area contributed by atoms with E-state index < -0.39 is 11.6 Å². The van der Waals surface area contributed by atoms with E-state index in [1.54, 1.807) is 12.1 Å². The zero-order valence-electron chi connectivity index (χ0n) is 18.9. The van der Waals surface area contributed by atoms with Crippen LogP contribution in [0.5, 0.6) is 5.88 Å². The number of fused-ring (bicyclic) bond motifs is 1. The maximum atomic E-state index is 13.5. The lowest BCUT2D eigenvalue weighted by molar-refractivity contribution is -0.609. The summed E-state index contributed by atoms with van der Waals surface area (Å²) < 4.78 is 19.8. The van der Waals surface area contributed by atoms with Gasteiger partial charge in [-0.25, -0.2) is 9.12 Å². The van der Waals surface area contributed by atoms with Crippen LogP contribution in [0.1, 0.15) is 37.9 Å². The maximum Gasteiger partial charge on any atom is 0.336 e. The molecule has 1 amide bonds. The largest absolute Gasteiger partial charge is 0.711 e. The number of nitrogens with one attached hydrogen (secondary N) is 1. The van der Waals surface area contributed by atoms with Crippen molar-refractivity contribution in [1.82, 2.24) is 15.2 Å². The number of halogens is 1. The summed E-state index contributed by atoms with van der Waals surface area (Å²) in [6.45, 7) is 6.92. The Morgan fingerprint density at radius 1 is 1.24 bits per heavy atom. The Balaban J connectivity index is 1.74. The molecule has 33 heavy (non-hydrogen) atoms. The fourth-order valence-corrected chi connectivity index (χ4v) is 4.01. The van der Waals surface area contributed by atoms with Crippen molar-refractivity contribution in [1.29, 1.82) is 0 Å². The van der Waals surface area contributed by atoms with Gasteiger partial charge in [-0.1, -0.05) is 36.4 Å². The van der Waals surface area contributed by atoms with Crippen LogP contribution in [0.15, 0.2) is 61.1 Å². The second-order valence-electron chi connectivity index (χ2n) is 9.12. The first kappa shape index (κ1) is 22.7. The Bertz CT molecular complexity index is 1150. The summed E-state index contributed by atoms with van der Waals surface area (Å²) in [5.74, 6) is -0.248. The van der Waals surface area contributed by atoms with E-state index in [4.69, 9.17) is 4.74 Å². The Morgan fingerprint density at radius 3 is 2.70 bits per heavy atom. The molecule has 1 unspecified atom stereocenters. The van der Waals surface area contributed by atoms with Crippen molar-refractivity contribution >= 4 is 5.91 Å². The summed E-state index contributed by atoms with van der Waals surface area (Å²) in [6.07, 6.45) is 2.47. The molecular weight excluding hydrogens is 423 g/mol. The van der Waals surface area contributed by atoms with Crippen molar-refractivity contribution in [2.75, 3.05) is 13.2 Å². The van der Waals surface area contributed by atoms with Crippen molar-refractivity contribution in [3.05, 3.63) is 83.2 Å². The normalized spacial score (nSPS) is 16.4. The lowest BCUT2D eigenvalue weighted by Crippen LogP contribution is -2.48. The molecule has 172 valence electrons. The topological polar surface area (TPSA) is 81.4 Å². The molecule has 0 aliphatic carbocycles. The van der Waals surface area contributed by atoms with Gasteiger partial charge in [-0.15, -0.1) is 0 Å². The first-order chi connectivity index (χ1) is 15.7. The average Bonchev–Trinajstić information content (AvgIpc) is 2.92. The minimum Gasteiger partial charge on any atom is -0.711 e. The highest BCUT2D eigenvalue weighted by atomic mass is 19.1. The molecule has 7 nitrogen and oxygen atoms in total. The number of benzene rings is 2. The van der Waals surface area contributed by atoms with Crippen LogP contribution in [0.4, 0.5) is 4.39 Å². The van der Waals surface area contributed by atoms with Crippen LogP contribution >= 0.6 is 0 Å². The molecule has 2 heterocycles. The van der Waals surface area contributed by atoms with Gasteiger partial charge in [0.25, 0.3) is 6.33 Å². The van der Waals surface area contributed by atoms with Crippen LogP contribution < -0.4 is 14.8 Å². The van der Waals surface area contributed by atoms with Gasteiger partial charge >= 0.3 is 5.88 Å². The lowest BCUT2D eigenvalue weighted by atomic mass is 9.98. The van der Waals surface area contributed by atoms with Gasteiger partial charge in [-0.05, 0) is 54.6 Å². The monoisotopic (exact) mass is 450 g/mol. The zero-order valence-corrected chi connectivity index (χ0v) is 18.9. The number of hydrogen-bond acceptors (Lipinski definition) is 5. The predicted octanol–water partition coefficient (Wildman–Crippen LogP) is 3.37. The molecular formula is C25H27FN4O3. The van der Waals surface area contributed by atoms with Gasteiger partial charge in [0, 0.05) is 18.6 Å². The highest BCUT2D eigenvalue weighted by Gasteiger charge is 2.37. The summed E-state index contributed by atoms with van der Waals surface area (Å²) in [6, 6.07) is 13.4.